The molecule has 0 radical (unpaired) electrons. The van der Waals surface area contributed by atoms with E-state index < -0.39 is 5.97 Å². The van der Waals surface area contributed by atoms with E-state index in [4.69, 9.17) is 4.74 Å². The van der Waals surface area contributed by atoms with Crippen molar-refractivity contribution in [2.24, 2.45) is 0 Å². The first kappa shape index (κ1) is 13.8. The molecule has 0 aliphatic carbocycles. The van der Waals surface area contributed by atoms with Gasteiger partial charge >= 0.3 is 51.4 Å². The maximum atomic E-state index is 11.0. The summed E-state index contributed by atoms with van der Waals surface area (Å²) in [7, 11) is 0. The summed E-state index contributed by atoms with van der Waals surface area (Å²) in [6.07, 6.45) is 0.565. The van der Waals surface area contributed by atoms with Crippen LogP contribution in [0.15, 0.2) is 42.5 Å². The topological polar surface area (TPSA) is 49.4 Å². The molecule has 0 saturated heterocycles. The quantitative estimate of drug-likeness (QED) is 0.516. The molecule has 0 fully saturated rings. The Bertz CT molecular complexity index is 608. The van der Waals surface area contributed by atoms with Gasteiger partial charge in [-0.2, -0.15) is 0 Å². The van der Waals surface area contributed by atoms with Crippen LogP contribution in [-0.4, -0.2) is 5.97 Å². The number of para-hydroxylation sites is 1. The average Bonchev–Trinajstić information content (AvgIpc) is 2.35. The Morgan fingerprint density at radius 2 is 1.78 bits per heavy atom. The SMILES string of the molecule is O=C([O-])c1cccc2c1Cc1ccccc1O2.[K+]. The third-order valence-corrected chi connectivity index (χ3v) is 2.91. The largest absolute Gasteiger partial charge is 1.00 e. The summed E-state index contributed by atoms with van der Waals surface area (Å²) in [5.41, 5.74) is 1.89. The van der Waals surface area contributed by atoms with Gasteiger partial charge < -0.3 is 14.6 Å². The van der Waals surface area contributed by atoms with Crippen LogP contribution in [0.2, 0.25) is 0 Å². The third-order valence-electron chi connectivity index (χ3n) is 2.91. The Balaban J connectivity index is 0.00000120. The first-order valence-corrected chi connectivity index (χ1v) is 5.34. The second-order valence-corrected chi connectivity index (χ2v) is 3.96. The molecule has 0 bridgehead atoms. The number of hydrogen-bond acceptors (Lipinski definition) is 3. The number of benzene rings is 2. The van der Waals surface area contributed by atoms with Gasteiger partial charge in [-0.25, -0.2) is 0 Å². The second kappa shape index (κ2) is 5.55. The molecular weight excluding hydrogens is 255 g/mol. The molecule has 2 aromatic carbocycles. The van der Waals surface area contributed by atoms with Crippen molar-refractivity contribution in [2.45, 2.75) is 6.42 Å². The molecule has 0 atom stereocenters. The van der Waals surface area contributed by atoms with Crippen LogP contribution in [0.1, 0.15) is 21.5 Å². The van der Waals surface area contributed by atoms with Crippen molar-refractivity contribution >= 4 is 5.97 Å². The van der Waals surface area contributed by atoms with Crippen LogP contribution in [0.25, 0.3) is 0 Å². The minimum absolute atomic E-state index is 0. The molecule has 4 heteroatoms. The molecule has 2 aromatic rings. The van der Waals surface area contributed by atoms with E-state index >= 15 is 0 Å². The van der Waals surface area contributed by atoms with Crippen LogP contribution in [-0.2, 0) is 6.42 Å². The van der Waals surface area contributed by atoms with Crippen LogP contribution >= 0.6 is 0 Å². The molecule has 0 aromatic heterocycles. The molecule has 3 nitrogen and oxygen atoms in total. The molecule has 0 spiro atoms. The van der Waals surface area contributed by atoms with Gasteiger partial charge in [0.1, 0.15) is 11.5 Å². The van der Waals surface area contributed by atoms with Crippen molar-refractivity contribution in [3.05, 3.63) is 59.2 Å². The molecule has 0 amide bonds. The van der Waals surface area contributed by atoms with E-state index in [0.29, 0.717) is 17.7 Å². The molecule has 0 unspecified atom stereocenters. The summed E-state index contributed by atoms with van der Waals surface area (Å²) in [5.74, 6) is 0.228. The van der Waals surface area contributed by atoms with Crippen LogP contribution in [0.5, 0.6) is 11.5 Å². The van der Waals surface area contributed by atoms with E-state index in [0.717, 1.165) is 11.3 Å². The van der Waals surface area contributed by atoms with Crippen molar-refractivity contribution in [3.63, 3.8) is 0 Å². The first-order chi connectivity index (χ1) is 8.25. The zero-order valence-corrected chi connectivity index (χ0v) is 13.1. The summed E-state index contributed by atoms with van der Waals surface area (Å²) in [5, 5.41) is 11.0. The monoisotopic (exact) mass is 264 g/mol. The van der Waals surface area contributed by atoms with Crippen molar-refractivity contribution in [3.8, 4) is 11.5 Å². The molecule has 84 valence electrons. The number of ether oxygens (including phenoxy) is 1. The van der Waals surface area contributed by atoms with Gasteiger partial charge in [-0.15, -0.1) is 0 Å². The van der Waals surface area contributed by atoms with Crippen molar-refractivity contribution < 1.29 is 66.0 Å². The Hall–Kier alpha value is -0.654. The maximum Gasteiger partial charge on any atom is 1.00 e. The fourth-order valence-electron chi connectivity index (χ4n) is 2.09. The Kier molecular flexibility index (Phi) is 4.24. The van der Waals surface area contributed by atoms with E-state index in [1.807, 2.05) is 24.3 Å². The molecular formula is C14H9KO3. The third kappa shape index (κ3) is 2.39. The predicted molar refractivity (Wildman–Crippen MR) is 60.1 cm³/mol. The van der Waals surface area contributed by atoms with E-state index in [1.165, 1.54) is 0 Å². The van der Waals surface area contributed by atoms with Gasteiger partial charge in [0.15, 0.2) is 0 Å². The van der Waals surface area contributed by atoms with Gasteiger partial charge in [-0.05, 0) is 17.7 Å². The smallest absolute Gasteiger partial charge is 0.545 e. The number of carbonyl (C=O) groups excluding carboxylic acids is 1. The van der Waals surface area contributed by atoms with Crippen LogP contribution in [0.3, 0.4) is 0 Å². The van der Waals surface area contributed by atoms with Crippen molar-refractivity contribution in [1.82, 2.24) is 0 Å². The Morgan fingerprint density at radius 3 is 2.56 bits per heavy atom. The van der Waals surface area contributed by atoms with E-state index in [9.17, 15) is 9.90 Å². The van der Waals surface area contributed by atoms with Gasteiger partial charge in [0.2, 0.25) is 0 Å². The molecule has 0 saturated carbocycles. The number of carbonyl (C=O) groups is 1. The fourth-order valence-corrected chi connectivity index (χ4v) is 2.09. The minimum atomic E-state index is -1.16. The number of hydrogen-bond donors (Lipinski definition) is 0. The normalized spacial score (nSPS) is 11.6. The van der Waals surface area contributed by atoms with Crippen LogP contribution in [0.4, 0.5) is 0 Å². The number of aromatic carboxylic acids is 1. The molecule has 1 heterocycles. The standard InChI is InChI=1S/C14H10O3.K/c15-14(16)10-5-3-7-13-11(10)8-9-4-1-2-6-12(9)17-13;/h1-7H,8H2,(H,15,16);/q;+1/p-1. The maximum absolute atomic E-state index is 11.0. The zero-order chi connectivity index (χ0) is 11.8. The van der Waals surface area contributed by atoms with Gasteiger partial charge in [0, 0.05) is 17.5 Å². The summed E-state index contributed by atoms with van der Waals surface area (Å²) in [4.78, 5) is 11.0. The van der Waals surface area contributed by atoms with E-state index in [-0.39, 0.29) is 56.9 Å². The number of fused-ring (bicyclic) bond motifs is 2. The zero-order valence-electron chi connectivity index (χ0n) is 9.97. The minimum Gasteiger partial charge on any atom is -0.545 e. The van der Waals surface area contributed by atoms with E-state index in [2.05, 4.69) is 0 Å². The first-order valence-electron chi connectivity index (χ1n) is 5.34. The van der Waals surface area contributed by atoms with E-state index in [1.54, 1.807) is 18.2 Å². The predicted octanol–water partition coefficient (Wildman–Crippen LogP) is -1.25. The summed E-state index contributed by atoms with van der Waals surface area (Å²) < 4.78 is 5.68. The Labute approximate surface area is 147 Å². The van der Waals surface area contributed by atoms with Gasteiger partial charge in [-0.3, -0.25) is 0 Å². The number of carboxylic acids is 1. The second-order valence-electron chi connectivity index (χ2n) is 3.96. The summed E-state index contributed by atoms with van der Waals surface area (Å²) in [6.45, 7) is 0. The van der Waals surface area contributed by atoms with Crippen molar-refractivity contribution in [1.29, 1.82) is 0 Å². The Morgan fingerprint density at radius 1 is 1.06 bits per heavy atom. The number of rotatable bonds is 1. The molecule has 3 rings (SSSR count). The molecule has 18 heavy (non-hydrogen) atoms. The van der Waals surface area contributed by atoms with Gasteiger partial charge in [-0.1, -0.05) is 30.3 Å². The molecule has 0 N–H and O–H groups in total. The average molecular weight is 264 g/mol. The number of carboxylic acid groups (broad SMARTS) is 1. The van der Waals surface area contributed by atoms with Gasteiger partial charge in [0.25, 0.3) is 0 Å². The van der Waals surface area contributed by atoms with Crippen LogP contribution < -0.4 is 61.2 Å². The fraction of sp³-hybridized carbons (Fsp3) is 0.0714. The summed E-state index contributed by atoms with van der Waals surface area (Å²) >= 11 is 0. The molecule has 1 aliphatic heterocycles. The van der Waals surface area contributed by atoms with Gasteiger partial charge in [0.05, 0.1) is 5.97 Å². The summed E-state index contributed by atoms with van der Waals surface area (Å²) in [6, 6.07) is 12.6. The van der Waals surface area contributed by atoms with Crippen molar-refractivity contribution in [2.75, 3.05) is 0 Å². The molecule has 1 aliphatic rings. The van der Waals surface area contributed by atoms with Crippen LogP contribution in [0, 0.1) is 0 Å².